The third-order valence-corrected chi connectivity index (χ3v) is 4.09. The average Bonchev–Trinajstić information content (AvgIpc) is 2.31. The van der Waals surface area contributed by atoms with Crippen LogP contribution in [0.25, 0.3) is 0 Å². The van der Waals surface area contributed by atoms with E-state index in [-0.39, 0.29) is 11.1 Å². The van der Waals surface area contributed by atoms with E-state index in [0.717, 1.165) is 31.6 Å². The lowest BCUT2D eigenvalue weighted by molar-refractivity contribution is 0.338. The number of rotatable bonds is 1. The van der Waals surface area contributed by atoms with Gasteiger partial charge in [0.15, 0.2) is 0 Å². The molecule has 1 aromatic heterocycles. The molecule has 1 aromatic rings. The highest BCUT2D eigenvalue weighted by atomic mass is 35.5. The first-order chi connectivity index (χ1) is 9.41. The molecule has 0 N–H and O–H groups in total. The third kappa shape index (κ3) is 3.35. The first-order valence-electron chi connectivity index (χ1n) is 7.44. The first kappa shape index (κ1) is 15.4. The number of halogens is 1. The van der Waals surface area contributed by atoms with Crippen molar-refractivity contribution in [3.63, 3.8) is 0 Å². The maximum absolute atomic E-state index is 12.4. The van der Waals surface area contributed by atoms with Gasteiger partial charge in [-0.25, -0.2) is 4.68 Å². The molecule has 0 spiro atoms. The van der Waals surface area contributed by atoms with Gasteiger partial charge in [-0.2, -0.15) is 5.10 Å². The molecule has 0 radical (unpaired) electrons. The van der Waals surface area contributed by atoms with Crippen LogP contribution in [0, 0.1) is 0 Å². The summed E-state index contributed by atoms with van der Waals surface area (Å²) >= 11 is 6.32. The Morgan fingerprint density at radius 1 is 1.10 bits per heavy atom. The molecule has 0 aliphatic carbocycles. The minimum Gasteiger partial charge on any atom is -0.369 e. The quantitative estimate of drug-likeness (QED) is 0.797. The van der Waals surface area contributed by atoms with Crippen LogP contribution in [-0.2, 0) is 5.54 Å². The van der Waals surface area contributed by atoms with Gasteiger partial charge in [0.25, 0.3) is 5.56 Å². The summed E-state index contributed by atoms with van der Waals surface area (Å²) in [6, 6.07) is 0. The second-order valence-corrected chi connectivity index (χ2v) is 6.86. The van der Waals surface area contributed by atoms with E-state index in [2.05, 4.69) is 10.00 Å². The molecule has 0 atom stereocenters. The highest BCUT2D eigenvalue weighted by Crippen LogP contribution is 2.25. The van der Waals surface area contributed by atoms with Gasteiger partial charge in [0, 0.05) is 13.1 Å². The van der Waals surface area contributed by atoms with Gasteiger partial charge in [0.1, 0.15) is 5.02 Å². The number of hydrogen-bond acceptors (Lipinski definition) is 3. The largest absolute Gasteiger partial charge is 0.369 e. The van der Waals surface area contributed by atoms with E-state index in [1.54, 1.807) is 6.20 Å². The average molecular weight is 298 g/mol. The summed E-state index contributed by atoms with van der Waals surface area (Å²) in [5, 5.41) is 4.62. The molecule has 20 heavy (non-hydrogen) atoms. The molecule has 1 aliphatic rings. The van der Waals surface area contributed by atoms with E-state index in [9.17, 15) is 4.79 Å². The van der Waals surface area contributed by atoms with E-state index in [4.69, 9.17) is 11.6 Å². The summed E-state index contributed by atoms with van der Waals surface area (Å²) in [7, 11) is 0. The van der Waals surface area contributed by atoms with Crippen molar-refractivity contribution in [3.05, 3.63) is 21.6 Å². The lowest BCUT2D eigenvalue weighted by Crippen LogP contribution is -2.38. The van der Waals surface area contributed by atoms with E-state index in [1.165, 1.54) is 23.9 Å². The Hall–Kier alpha value is -1.03. The van der Waals surface area contributed by atoms with Crippen molar-refractivity contribution in [2.24, 2.45) is 0 Å². The second-order valence-electron chi connectivity index (χ2n) is 6.49. The minimum absolute atomic E-state index is 0.196. The lowest BCUT2D eigenvalue weighted by Gasteiger charge is -2.28. The molecule has 0 unspecified atom stereocenters. The van der Waals surface area contributed by atoms with Gasteiger partial charge < -0.3 is 4.90 Å². The summed E-state index contributed by atoms with van der Waals surface area (Å²) in [6.45, 7) is 7.77. The van der Waals surface area contributed by atoms with E-state index in [0.29, 0.717) is 5.02 Å². The zero-order valence-electron chi connectivity index (χ0n) is 12.7. The second kappa shape index (κ2) is 6.17. The van der Waals surface area contributed by atoms with Crippen molar-refractivity contribution < 1.29 is 0 Å². The first-order valence-corrected chi connectivity index (χ1v) is 7.82. The monoisotopic (exact) mass is 297 g/mol. The fourth-order valence-electron chi connectivity index (χ4n) is 2.61. The SMILES string of the molecule is CC(C)(C)n1ncc(N2CCCCCCC2)c(Cl)c1=O. The van der Waals surface area contributed by atoms with E-state index < -0.39 is 0 Å². The highest BCUT2D eigenvalue weighted by Gasteiger charge is 2.21. The molecule has 1 aliphatic heterocycles. The van der Waals surface area contributed by atoms with Crippen molar-refractivity contribution in [2.75, 3.05) is 18.0 Å². The molecule has 0 amide bonds. The van der Waals surface area contributed by atoms with Crippen LogP contribution in [0.3, 0.4) is 0 Å². The van der Waals surface area contributed by atoms with Gasteiger partial charge in [-0.1, -0.05) is 30.9 Å². The normalized spacial score (nSPS) is 17.7. The number of anilines is 1. The van der Waals surface area contributed by atoms with E-state index in [1.807, 2.05) is 20.8 Å². The summed E-state index contributed by atoms with van der Waals surface area (Å²) in [5.41, 5.74) is 0.244. The molecule has 0 saturated carbocycles. The predicted octanol–water partition coefficient (Wildman–Crippen LogP) is 3.42. The number of nitrogens with zero attached hydrogens (tertiary/aromatic N) is 3. The molecule has 112 valence electrons. The molecule has 1 saturated heterocycles. The smallest absolute Gasteiger partial charge is 0.288 e. The van der Waals surface area contributed by atoms with Crippen molar-refractivity contribution >= 4 is 17.3 Å². The van der Waals surface area contributed by atoms with Gasteiger partial charge >= 0.3 is 0 Å². The number of hydrogen-bond donors (Lipinski definition) is 0. The van der Waals surface area contributed by atoms with Crippen LogP contribution in [0.2, 0.25) is 5.02 Å². The molecule has 0 bridgehead atoms. The molecule has 4 nitrogen and oxygen atoms in total. The van der Waals surface area contributed by atoms with Crippen molar-refractivity contribution in [3.8, 4) is 0 Å². The Labute approximate surface area is 125 Å². The van der Waals surface area contributed by atoms with Gasteiger partial charge in [-0.3, -0.25) is 4.79 Å². The van der Waals surface area contributed by atoms with Crippen LogP contribution in [-0.4, -0.2) is 22.9 Å². The Kier molecular flexibility index (Phi) is 4.74. The fourth-order valence-corrected chi connectivity index (χ4v) is 2.86. The van der Waals surface area contributed by atoms with Crippen molar-refractivity contribution in [2.45, 2.75) is 58.4 Å². The van der Waals surface area contributed by atoms with Crippen LogP contribution in [0.5, 0.6) is 0 Å². The zero-order valence-corrected chi connectivity index (χ0v) is 13.4. The van der Waals surface area contributed by atoms with Crippen LogP contribution < -0.4 is 10.5 Å². The molecule has 2 rings (SSSR count). The van der Waals surface area contributed by atoms with Gasteiger partial charge in [-0.05, 0) is 33.6 Å². The maximum atomic E-state index is 12.4. The standard InChI is InChI=1S/C15H24ClN3O/c1-15(2,3)19-14(20)13(16)12(11-17-19)18-9-7-5-4-6-8-10-18/h11H,4-10H2,1-3H3. The Balaban J connectivity index is 2.33. The van der Waals surface area contributed by atoms with Crippen LogP contribution >= 0.6 is 11.6 Å². The molecular weight excluding hydrogens is 274 g/mol. The summed E-state index contributed by atoms with van der Waals surface area (Å²) in [4.78, 5) is 14.6. The van der Waals surface area contributed by atoms with Crippen molar-refractivity contribution in [1.82, 2.24) is 9.78 Å². The molecule has 1 fully saturated rings. The summed E-state index contributed by atoms with van der Waals surface area (Å²) < 4.78 is 1.46. The van der Waals surface area contributed by atoms with Gasteiger partial charge in [0.05, 0.1) is 17.4 Å². The molecular formula is C15H24ClN3O. The lowest BCUT2D eigenvalue weighted by atomic mass is 10.1. The van der Waals surface area contributed by atoms with Gasteiger partial charge in [-0.15, -0.1) is 0 Å². The molecule has 5 heteroatoms. The third-order valence-electron chi connectivity index (χ3n) is 3.73. The number of aromatic nitrogens is 2. The van der Waals surface area contributed by atoms with E-state index >= 15 is 0 Å². The van der Waals surface area contributed by atoms with Crippen molar-refractivity contribution in [1.29, 1.82) is 0 Å². The topological polar surface area (TPSA) is 38.1 Å². The van der Waals surface area contributed by atoms with Crippen LogP contribution in [0.1, 0.15) is 52.9 Å². The maximum Gasteiger partial charge on any atom is 0.288 e. The summed E-state index contributed by atoms with van der Waals surface area (Å²) in [5.74, 6) is 0. The van der Waals surface area contributed by atoms with Crippen LogP contribution in [0.15, 0.2) is 11.0 Å². The zero-order chi connectivity index (χ0) is 14.8. The Morgan fingerprint density at radius 2 is 1.65 bits per heavy atom. The Morgan fingerprint density at radius 3 is 2.20 bits per heavy atom. The highest BCUT2D eigenvalue weighted by molar-refractivity contribution is 6.33. The van der Waals surface area contributed by atoms with Crippen LogP contribution in [0.4, 0.5) is 5.69 Å². The molecule has 0 aromatic carbocycles. The van der Waals surface area contributed by atoms with Gasteiger partial charge in [0.2, 0.25) is 0 Å². The summed E-state index contributed by atoms with van der Waals surface area (Å²) in [6.07, 6.45) is 7.86. The predicted molar refractivity (Wildman–Crippen MR) is 83.8 cm³/mol. The fraction of sp³-hybridized carbons (Fsp3) is 0.733. The molecule has 2 heterocycles. The minimum atomic E-state index is -0.352. The Bertz CT molecular complexity index is 511.